The second kappa shape index (κ2) is 4.82. The van der Waals surface area contributed by atoms with Gasteiger partial charge in [0.1, 0.15) is 10.6 Å². The Morgan fingerprint density at radius 2 is 2.15 bits per heavy atom. The van der Waals surface area contributed by atoms with Crippen LogP contribution in [-0.2, 0) is 10.0 Å². The van der Waals surface area contributed by atoms with E-state index in [4.69, 9.17) is 4.52 Å². The Labute approximate surface area is 119 Å². The molecule has 2 fully saturated rings. The molecular formula is C13H21N3O3S. The molecule has 3 atom stereocenters. The average Bonchev–Trinajstić information content (AvgIpc) is 3.03. The van der Waals surface area contributed by atoms with Gasteiger partial charge in [0.2, 0.25) is 10.0 Å². The minimum absolute atomic E-state index is 0.0775. The van der Waals surface area contributed by atoms with Crippen molar-refractivity contribution in [2.75, 3.05) is 19.6 Å². The Hall–Kier alpha value is -0.920. The highest BCUT2D eigenvalue weighted by Crippen LogP contribution is 2.38. The second-order valence-electron chi connectivity index (χ2n) is 5.79. The maximum Gasteiger partial charge on any atom is 0.248 e. The molecule has 0 aromatic carbocycles. The predicted octanol–water partition coefficient (Wildman–Crippen LogP) is 0.910. The van der Waals surface area contributed by atoms with Crippen molar-refractivity contribution >= 4 is 10.0 Å². The van der Waals surface area contributed by atoms with Gasteiger partial charge in [0.05, 0.1) is 0 Å². The summed E-state index contributed by atoms with van der Waals surface area (Å²) in [5.74, 6) is 1.23. The Balaban J connectivity index is 2.00. The standard InChI is InChI=1S/C13H21N3O3S/c1-4-12-11-6-14-5-10(11)7-16(12)20(17,18)13-8(2)15-19-9(13)3/h10-12,14H,4-7H2,1-3H3. The first kappa shape index (κ1) is 14.0. The zero-order valence-electron chi connectivity index (χ0n) is 12.1. The highest BCUT2D eigenvalue weighted by atomic mass is 32.2. The fourth-order valence-electron chi connectivity index (χ4n) is 3.73. The Kier molecular flexibility index (Phi) is 3.38. The first-order valence-corrected chi connectivity index (χ1v) is 8.56. The topological polar surface area (TPSA) is 75.4 Å². The number of aromatic nitrogens is 1. The lowest BCUT2D eigenvalue weighted by atomic mass is 9.93. The lowest BCUT2D eigenvalue weighted by Gasteiger charge is -2.26. The van der Waals surface area contributed by atoms with Crippen molar-refractivity contribution in [3.05, 3.63) is 11.5 Å². The van der Waals surface area contributed by atoms with Gasteiger partial charge in [0, 0.05) is 12.6 Å². The van der Waals surface area contributed by atoms with E-state index in [0.29, 0.717) is 29.8 Å². The van der Waals surface area contributed by atoms with E-state index in [-0.39, 0.29) is 10.9 Å². The van der Waals surface area contributed by atoms with Crippen molar-refractivity contribution in [1.82, 2.24) is 14.8 Å². The van der Waals surface area contributed by atoms with Crippen molar-refractivity contribution < 1.29 is 12.9 Å². The van der Waals surface area contributed by atoms with E-state index in [1.807, 2.05) is 0 Å². The number of fused-ring (bicyclic) bond motifs is 1. The average molecular weight is 299 g/mol. The van der Waals surface area contributed by atoms with Gasteiger partial charge in [-0.25, -0.2) is 8.42 Å². The van der Waals surface area contributed by atoms with E-state index >= 15 is 0 Å². The Morgan fingerprint density at radius 3 is 2.75 bits per heavy atom. The van der Waals surface area contributed by atoms with E-state index in [9.17, 15) is 8.42 Å². The molecule has 0 amide bonds. The van der Waals surface area contributed by atoms with Crippen LogP contribution in [0.15, 0.2) is 9.42 Å². The van der Waals surface area contributed by atoms with Crippen molar-refractivity contribution in [1.29, 1.82) is 0 Å². The lowest BCUT2D eigenvalue weighted by Crippen LogP contribution is -2.39. The summed E-state index contributed by atoms with van der Waals surface area (Å²) in [5, 5.41) is 7.15. The van der Waals surface area contributed by atoms with E-state index in [2.05, 4.69) is 17.4 Å². The smallest absolute Gasteiger partial charge is 0.248 e. The first-order valence-electron chi connectivity index (χ1n) is 7.12. The van der Waals surface area contributed by atoms with Gasteiger partial charge in [0.15, 0.2) is 5.76 Å². The van der Waals surface area contributed by atoms with Gasteiger partial charge in [-0.3, -0.25) is 0 Å². The Bertz CT molecular complexity index is 591. The molecule has 3 heterocycles. The monoisotopic (exact) mass is 299 g/mol. The number of aryl methyl sites for hydroxylation is 2. The van der Waals surface area contributed by atoms with Crippen LogP contribution in [0.25, 0.3) is 0 Å². The number of nitrogens with zero attached hydrogens (tertiary/aromatic N) is 2. The number of hydrogen-bond acceptors (Lipinski definition) is 5. The summed E-state index contributed by atoms with van der Waals surface area (Å²) in [5.41, 5.74) is 0.451. The van der Waals surface area contributed by atoms with Gasteiger partial charge < -0.3 is 9.84 Å². The molecule has 2 aliphatic heterocycles. The van der Waals surface area contributed by atoms with Gasteiger partial charge in [0.25, 0.3) is 0 Å². The number of hydrogen-bond donors (Lipinski definition) is 1. The third kappa shape index (κ3) is 1.91. The fourth-order valence-corrected chi connectivity index (χ4v) is 5.82. The van der Waals surface area contributed by atoms with Gasteiger partial charge in [-0.15, -0.1) is 0 Å². The molecule has 1 N–H and O–H groups in total. The fraction of sp³-hybridized carbons (Fsp3) is 0.769. The summed E-state index contributed by atoms with van der Waals surface area (Å²) in [4.78, 5) is 0.254. The SMILES string of the molecule is CCC1C2CNCC2CN1S(=O)(=O)c1c(C)noc1C. The number of rotatable bonds is 3. The van der Waals surface area contributed by atoms with Crippen LogP contribution in [0.3, 0.4) is 0 Å². The zero-order chi connectivity index (χ0) is 14.5. The molecule has 1 aromatic rings. The summed E-state index contributed by atoms with van der Waals surface area (Å²) in [7, 11) is -3.51. The lowest BCUT2D eigenvalue weighted by molar-refractivity contribution is 0.328. The molecule has 7 heteroatoms. The highest BCUT2D eigenvalue weighted by molar-refractivity contribution is 7.89. The Morgan fingerprint density at radius 1 is 1.40 bits per heavy atom. The summed E-state index contributed by atoms with van der Waals surface area (Å²) in [6.07, 6.45) is 0.839. The summed E-state index contributed by atoms with van der Waals surface area (Å²) in [6, 6.07) is 0.0775. The zero-order valence-corrected chi connectivity index (χ0v) is 12.9. The van der Waals surface area contributed by atoms with E-state index < -0.39 is 10.0 Å². The first-order chi connectivity index (χ1) is 9.46. The molecular weight excluding hydrogens is 278 g/mol. The van der Waals surface area contributed by atoms with E-state index in [0.717, 1.165) is 19.5 Å². The third-order valence-corrected chi connectivity index (χ3v) is 6.76. The minimum Gasteiger partial charge on any atom is -0.360 e. The molecule has 6 nitrogen and oxygen atoms in total. The molecule has 0 spiro atoms. The molecule has 0 radical (unpaired) electrons. The van der Waals surface area contributed by atoms with Crippen LogP contribution in [0, 0.1) is 25.7 Å². The molecule has 3 rings (SSSR count). The van der Waals surface area contributed by atoms with Crippen LogP contribution in [0.1, 0.15) is 24.8 Å². The van der Waals surface area contributed by atoms with Gasteiger partial charge in [-0.05, 0) is 45.2 Å². The highest BCUT2D eigenvalue weighted by Gasteiger charge is 2.49. The molecule has 2 aliphatic rings. The van der Waals surface area contributed by atoms with Crippen LogP contribution in [-0.4, -0.2) is 43.6 Å². The third-order valence-electron chi connectivity index (χ3n) is 4.62. The molecule has 1 aromatic heterocycles. The maximum absolute atomic E-state index is 12.9. The van der Waals surface area contributed by atoms with Crippen molar-refractivity contribution in [2.45, 2.75) is 38.1 Å². The summed E-state index contributed by atoms with van der Waals surface area (Å²) < 4.78 is 32.6. The molecule has 2 saturated heterocycles. The maximum atomic E-state index is 12.9. The largest absolute Gasteiger partial charge is 0.360 e. The van der Waals surface area contributed by atoms with Crippen LogP contribution in [0.4, 0.5) is 0 Å². The quantitative estimate of drug-likeness (QED) is 0.898. The van der Waals surface area contributed by atoms with Crippen LogP contribution < -0.4 is 5.32 Å². The van der Waals surface area contributed by atoms with Gasteiger partial charge in [-0.1, -0.05) is 12.1 Å². The molecule has 0 saturated carbocycles. The van der Waals surface area contributed by atoms with Gasteiger partial charge >= 0.3 is 0 Å². The van der Waals surface area contributed by atoms with Crippen LogP contribution >= 0.6 is 0 Å². The summed E-state index contributed by atoms with van der Waals surface area (Å²) >= 11 is 0. The van der Waals surface area contributed by atoms with Crippen molar-refractivity contribution in [3.63, 3.8) is 0 Å². The molecule has 0 aliphatic carbocycles. The predicted molar refractivity (Wildman–Crippen MR) is 73.8 cm³/mol. The van der Waals surface area contributed by atoms with Crippen LogP contribution in [0.5, 0.6) is 0 Å². The summed E-state index contributed by atoms with van der Waals surface area (Å²) in [6.45, 7) is 7.82. The minimum atomic E-state index is -3.51. The second-order valence-corrected chi connectivity index (χ2v) is 7.61. The number of sulfonamides is 1. The van der Waals surface area contributed by atoms with Crippen molar-refractivity contribution in [3.8, 4) is 0 Å². The van der Waals surface area contributed by atoms with Crippen molar-refractivity contribution in [2.24, 2.45) is 11.8 Å². The number of nitrogens with one attached hydrogen (secondary N) is 1. The molecule has 112 valence electrons. The molecule has 3 unspecified atom stereocenters. The van der Waals surface area contributed by atoms with E-state index in [1.165, 1.54) is 0 Å². The van der Waals surface area contributed by atoms with E-state index in [1.54, 1.807) is 18.2 Å². The molecule has 0 bridgehead atoms. The van der Waals surface area contributed by atoms with Crippen LogP contribution in [0.2, 0.25) is 0 Å². The molecule has 20 heavy (non-hydrogen) atoms. The van der Waals surface area contributed by atoms with Gasteiger partial charge in [-0.2, -0.15) is 4.31 Å². The normalized spacial score (nSPS) is 30.9.